The Hall–Kier alpha value is -1.30. The zero-order chi connectivity index (χ0) is 11.1. The van der Waals surface area contributed by atoms with Crippen molar-refractivity contribution >= 4 is 11.7 Å². The summed E-state index contributed by atoms with van der Waals surface area (Å²) in [7, 11) is 1.57. The van der Waals surface area contributed by atoms with E-state index in [0.29, 0.717) is 0 Å². The van der Waals surface area contributed by atoms with Gasteiger partial charge in [-0.2, -0.15) is 0 Å². The molecular formula is C8H13F2N2O2+. The Morgan fingerprint density at radius 1 is 1.64 bits per heavy atom. The van der Waals surface area contributed by atoms with Gasteiger partial charge in [-0.3, -0.25) is 5.41 Å². The van der Waals surface area contributed by atoms with Crippen LogP contribution in [0.2, 0.25) is 0 Å². The molecule has 0 aromatic heterocycles. The summed E-state index contributed by atoms with van der Waals surface area (Å²) in [6, 6.07) is 0. The van der Waals surface area contributed by atoms with E-state index in [2.05, 4.69) is 4.74 Å². The quantitative estimate of drug-likeness (QED) is 0.376. The van der Waals surface area contributed by atoms with Gasteiger partial charge in [0.1, 0.15) is 17.5 Å². The van der Waals surface area contributed by atoms with Gasteiger partial charge in [0.2, 0.25) is 0 Å². The summed E-state index contributed by atoms with van der Waals surface area (Å²) < 4.78 is 28.8. The van der Waals surface area contributed by atoms with Crippen molar-refractivity contribution in [3.63, 3.8) is 0 Å². The molecule has 80 valence electrons. The highest BCUT2D eigenvalue weighted by atomic mass is 19.3. The highest BCUT2D eigenvalue weighted by molar-refractivity contribution is 6.19. The highest BCUT2D eigenvalue weighted by Gasteiger charge is 2.24. The average molecular weight is 207 g/mol. The van der Waals surface area contributed by atoms with Gasteiger partial charge < -0.3 is 10.1 Å². The van der Waals surface area contributed by atoms with Crippen LogP contribution in [0.3, 0.4) is 0 Å². The lowest BCUT2D eigenvalue weighted by molar-refractivity contribution is -0.556. The Morgan fingerprint density at radius 2 is 2.21 bits per heavy atom. The van der Waals surface area contributed by atoms with Crippen LogP contribution in [0.15, 0.2) is 11.8 Å². The summed E-state index contributed by atoms with van der Waals surface area (Å²) in [5.74, 6) is -0.893. The van der Waals surface area contributed by atoms with Crippen LogP contribution in [0.5, 0.6) is 0 Å². The van der Waals surface area contributed by atoms with Crippen LogP contribution in [0.1, 0.15) is 6.92 Å². The van der Waals surface area contributed by atoms with E-state index < -0.39 is 23.7 Å². The Labute approximate surface area is 80.4 Å². The molecule has 0 radical (unpaired) electrons. The number of nitrogens with one attached hydrogen (secondary N) is 1. The van der Waals surface area contributed by atoms with E-state index in [9.17, 15) is 13.6 Å². The van der Waals surface area contributed by atoms with Gasteiger partial charge in [-0.1, -0.05) is 0 Å². The van der Waals surface area contributed by atoms with E-state index >= 15 is 0 Å². The number of rotatable bonds is 5. The van der Waals surface area contributed by atoms with E-state index in [-0.39, 0.29) is 6.61 Å². The minimum absolute atomic E-state index is 0.0937. The van der Waals surface area contributed by atoms with Crippen molar-refractivity contribution in [3.05, 3.63) is 11.8 Å². The number of hydrogen-bond acceptors (Lipinski definition) is 3. The van der Waals surface area contributed by atoms with E-state index in [0.717, 1.165) is 6.20 Å². The van der Waals surface area contributed by atoms with Crippen LogP contribution >= 0.6 is 0 Å². The van der Waals surface area contributed by atoms with Gasteiger partial charge in [0.25, 0.3) is 6.43 Å². The summed E-state index contributed by atoms with van der Waals surface area (Å²) in [4.78, 5) is 11.1. The molecule has 0 spiro atoms. The predicted molar refractivity (Wildman–Crippen MR) is 46.3 cm³/mol. The monoisotopic (exact) mass is 207 g/mol. The molecular weight excluding hydrogens is 194 g/mol. The van der Waals surface area contributed by atoms with Crippen molar-refractivity contribution in [3.8, 4) is 0 Å². The molecule has 0 rings (SSSR count). The molecule has 0 amide bonds. The number of nitrogens with two attached hydrogens (primary N) is 1. The summed E-state index contributed by atoms with van der Waals surface area (Å²) in [6.07, 6.45) is -1.82. The first-order valence-electron chi connectivity index (χ1n) is 4.08. The lowest BCUT2D eigenvalue weighted by Gasteiger charge is -2.05. The van der Waals surface area contributed by atoms with Crippen molar-refractivity contribution in [2.75, 3.05) is 13.7 Å². The summed E-state index contributed by atoms with van der Waals surface area (Å²) >= 11 is 0. The second-order valence-corrected chi connectivity index (χ2v) is 2.35. The summed E-state index contributed by atoms with van der Waals surface area (Å²) in [6.45, 7) is 1.66. The molecule has 0 atom stereocenters. The molecule has 14 heavy (non-hydrogen) atoms. The van der Waals surface area contributed by atoms with E-state index in [1.807, 2.05) is 0 Å². The minimum Gasteiger partial charge on any atom is -0.462 e. The van der Waals surface area contributed by atoms with Gasteiger partial charge in [0.05, 0.1) is 13.7 Å². The topological polar surface area (TPSA) is 66.8 Å². The number of carbonyl (C=O) groups is 1. The number of alkyl halides is 2. The minimum atomic E-state index is -2.97. The largest absolute Gasteiger partial charge is 0.462 e. The summed E-state index contributed by atoms with van der Waals surface area (Å²) in [5.41, 5.74) is -1.41. The molecule has 0 aliphatic rings. The zero-order valence-electron chi connectivity index (χ0n) is 8.01. The fourth-order valence-electron chi connectivity index (χ4n) is 0.761. The van der Waals surface area contributed by atoms with Crippen LogP contribution in [0.25, 0.3) is 0 Å². The first-order chi connectivity index (χ1) is 6.54. The molecule has 3 N–H and O–H groups in total. The third-order valence-corrected chi connectivity index (χ3v) is 1.34. The molecule has 0 aromatic rings. The normalized spacial score (nSPS) is 11.6. The number of ether oxygens (including phenoxy) is 1. The zero-order valence-corrected chi connectivity index (χ0v) is 8.01. The molecule has 6 heteroatoms. The van der Waals surface area contributed by atoms with Gasteiger partial charge in [-0.05, 0) is 6.92 Å². The first-order valence-corrected chi connectivity index (χ1v) is 4.08. The predicted octanol–water partition coefficient (Wildman–Crippen LogP) is -0.0885. The number of halogens is 2. The third-order valence-electron chi connectivity index (χ3n) is 1.34. The molecule has 0 heterocycles. The SMILES string of the molecule is CCOC(=O)C(=C[NH2+]C)C(=N)C(F)F. The molecule has 0 unspecified atom stereocenters. The maximum Gasteiger partial charge on any atom is 0.345 e. The lowest BCUT2D eigenvalue weighted by atomic mass is 10.2. The van der Waals surface area contributed by atoms with Crippen LogP contribution in [0, 0.1) is 5.41 Å². The molecule has 0 saturated heterocycles. The third kappa shape index (κ3) is 3.61. The molecule has 0 saturated carbocycles. The second kappa shape index (κ2) is 6.20. The Morgan fingerprint density at radius 3 is 2.57 bits per heavy atom. The van der Waals surface area contributed by atoms with E-state index in [4.69, 9.17) is 5.41 Å². The number of quaternary nitrogens is 1. The van der Waals surface area contributed by atoms with Crippen molar-refractivity contribution in [1.82, 2.24) is 0 Å². The van der Waals surface area contributed by atoms with Crippen molar-refractivity contribution < 1.29 is 23.6 Å². The van der Waals surface area contributed by atoms with Gasteiger partial charge in [0.15, 0.2) is 0 Å². The lowest BCUT2D eigenvalue weighted by Crippen LogP contribution is -2.73. The molecule has 0 aliphatic heterocycles. The number of esters is 1. The smallest absolute Gasteiger partial charge is 0.345 e. The number of carbonyl (C=O) groups excluding carboxylic acids is 1. The Balaban J connectivity index is 4.69. The van der Waals surface area contributed by atoms with Crippen molar-refractivity contribution in [2.45, 2.75) is 13.3 Å². The van der Waals surface area contributed by atoms with Crippen LogP contribution in [0.4, 0.5) is 8.78 Å². The van der Waals surface area contributed by atoms with E-state index in [1.54, 1.807) is 14.0 Å². The standard InChI is InChI=1S/C8H12F2N2O2/c1-3-14-8(13)5(4-12-2)6(11)7(9)10/h4,7,11-12H,3H2,1-2H3/p+1. The highest BCUT2D eigenvalue weighted by Crippen LogP contribution is 2.06. The Kier molecular flexibility index (Phi) is 5.62. The average Bonchev–Trinajstić information content (AvgIpc) is 2.13. The van der Waals surface area contributed by atoms with Crippen LogP contribution < -0.4 is 5.32 Å². The van der Waals surface area contributed by atoms with Gasteiger partial charge in [-0.15, -0.1) is 0 Å². The molecule has 0 fully saturated rings. The second-order valence-electron chi connectivity index (χ2n) is 2.35. The maximum absolute atomic E-state index is 12.1. The van der Waals surface area contributed by atoms with Gasteiger partial charge in [-0.25, -0.2) is 13.6 Å². The number of hydrogen-bond donors (Lipinski definition) is 2. The molecule has 0 aromatic carbocycles. The van der Waals surface area contributed by atoms with Gasteiger partial charge in [0, 0.05) is 0 Å². The first kappa shape index (κ1) is 12.7. The van der Waals surface area contributed by atoms with E-state index in [1.165, 1.54) is 5.32 Å². The molecule has 0 aliphatic carbocycles. The Bertz CT molecular complexity index is 252. The molecule has 0 bridgehead atoms. The van der Waals surface area contributed by atoms with Crippen molar-refractivity contribution in [2.24, 2.45) is 0 Å². The van der Waals surface area contributed by atoms with Gasteiger partial charge >= 0.3 is 5.97 Å². The maximum atomic E-state index is 12.1. The van der Waals surface area contributed by atoms with Crippen LogP contribution in [-0.4, -0.2) is 31.8 Å². The summed E-state index contributed by atoms with van der Waals surface area (Å²) in [5, 5.41) is 8.38. The van der Waals surface area contributed by atoms with Crippen LogP contribution in [-0.2, 0) is 9.53 Å². The molecule has 4 nitrogen and oxygen atoms in total. The fraction of sp³-hybridized carbons (Fsp3) is 0.500. The van der Waals surface area contributed by atoms with Crippen molar-refractivity contribution in [1.29, 1.82) is 5.41 Å². The fourth-order valence-corrected chi connectivity index (χ4v) is 0.761.